The zero-order valence-electron chi connectivity index (χ0n) is 18.7. The van der Waals surface area contributed by atoms with Crippen LogP contribution >= 0.6 is 0 Å². The van der Waals surface area contributed by atoms with Crippen LogP contribution in [0.4, 0.5) is 5.69 Å². The van der Waals surface area contributed by atoms with Crippen LogP contribution in [0.2, 0.25) is 0 Å². The summed E-state index contributed by atoms with van der Waals surface area (Å²) in [5, 5.41) is 12.2. The summed E-state index contributed by atoms with van der Waals surface area (Å²) in [6.45, 7) is 4.47. The van der Waals surface area contributed by atoms with Crippen LogP contribution in [0, 0.1) is 11.8 Å². The summed E-state index contributed by atoms with van der Waals surface area (Å²) in [6, 6.07) is 5.37. The van der Waals surface area contributed by atoms with E-state index in [-0.39, 0.29) is 36.6 Å². The van der Waals surface area contributed by atoms with Gasteiger partial charge in [-0.05, 0) is 49.4 Å². The Morgan fingerprint density at radius 2 is 1.91 bits per heavy atom. The van der Waals surface area contributed by atoms with Gasteiger partial charge in [0.05, 0.1) is 13.0 Å². The summed E-state index contributed by atoms with van der Waals surface area (Å²) in [5.41, 5.74) is 0.683. The zero-order valence-corrected chi connectivity index (χ0v) is 18.7. The van der Waals surface area contributed by atoms with Crippen LogP contribution in [0.15, 0.2) is 24.3 Å². The van der Waals surface area contributed by atoms with Crippen LogP contribution in [-0.2, 0) is 19.2 Å². The van der Waals surface area contributed by atoms with E-state index in [0.29, 0.717) is 37.2 Å². The number of methoxy groups -OCH3 is 1. The summed E-state index contributed by atoms with van der Waals surface area (Å²) < 4.78 is 5.14. The smallest absolute Gasteiger partial charge is 0.326 e. The highest BCUT2D eigenvalue weighted by Gasteiger charge is 2.40. The number of carbonyl (C=O) groups excluding carboxylic acids is 3. The third kappa shape index (κ3) is 5.20. The molecule has 0 saturated carbocycles. The molecule has 0 spiro atoms. The second kappa shape index (κ2) is 10.0. The van der Waals surface area contributed by atoms with Gasteiger partial charge in [-0.2, -0.15) is 0 Å². The van der Waals surface area contributed by atoms with Gasteiger partial charge in [-0.1, -0.05) is 13.8 Å². The lowest BCUT2D eigenvalue weighted by atomic mass is 10.0. The number of carboxylic acid groups (broad SMARTS) is 1. The number of nitrogens with zero attached hydrogens (tertiary/aromatic N) is 2. The minimum atomic E-state index is -1.03. The van der Waals surface area contributed by atoms with Crippen molar-refractivity contribution in [3.63, 3.8) is 0 Å². The molecule has 0 bridgehead atoms. The molecule has 3 atom stereocenters. The molecule has 3 rings (SSSR count). The molecule has 2 N–H and O–H groups in total. The molecule has 0 aliphatic carbocycles. The zero-order chi connectivity index (χ0) is 23.4. The molecular formula is C23H31N3O6. The lowest BCUT2D eigenvalue weighted by Crippen LogP contribution is -2.53. The second-order valence-corrected chi connectivity index (χ2v) is 8.82. The SMILES string of the molecule is COc1ccc(N2CC(C(=O)NC(CC(C)C)C(=O)N3CCCC3C(=O)O)CC2=O)cc1. The maximum absolute atomic E-state index is 13.1. The van der Waals surface area contributed by atoms with Gasteiger partial charge in [-0.15, -0.1) is 0 Å². The van der Waals surface area contributed by atoms with Gasteiger partial charge in [0.1, 0.15) is 17.8 Å². The van der Waals surface area contributed by atoms with Gasteiger partial charge in [0.2, 0.25) is 17.7 Å². The molecule has 1 aromatic rings. The number of anilines is 1. The van der Waals surface area contributed by atoms with Crippen LogP contribution in [-0.4, -0.2) is 66.0 Å². The standard InChI is InChI=1S/C23H31N3O6/c1-14(2)11-18(22(29)25-10-4-5-19(25)23(30)31)24-21(28)15-12-20(27)26(13-15)16-6-8-17(32-3)9-7-16/h6-9,14-15,18-19H,4-5,10-13H2,1-3H3,(H,24,28)(H,30,31). The summed E-state index contributed by atoms with van der Waals surface area (Å²) in [6.07, 6.45) is 1.49. The Morgan fingerprint density at radius 3 is 2.50 bits per heavy atom. The number of hydrogen-bond donors (Lipinski definition) is 2. The van der Waals surface area contributed by atoms with Crippen LogP contribution in [0.5, 0.6) is 5.75 Å². The molecule has 9 nitrogen and oxygen atoms in total. The van der Waals surface area contributed by atoms with Crippen molar-refractivity contribution < 1.29 is 29.0 Å². The molecule has 2 saturated heterocycles. The molecule has 1 aromatic carbocycles. The number of carboxylic acids is 1. The van der Waals surface area contributed by atoms with E-state index in [1.54, 1.807) is 36.3 Å². The average molecular weight is 446 g/mol. The maximum Gasteiger partial charge on any atom is 0.326 e. The highest BCUT2D eigenvalue weighted by molar-refractivity contribution is 6.01. The Labute approximate surface area is 187 Å². The van der Waals surface area contributed by atoms with Gasteiger partial charge in [-0.25, -0.2) is 4.79 Å². The fraction of sp³-hybridized carbons (Fsp3) is 0.565. The minimum Gasteiger partial charge on any atom is -0.497 e. The number of ether oxygens (including phenoxy) is 1. The van der Waals surface area contributed by atoms with E-state index in [9.17, 15) is 24.3 Å². The predicted octanol–water partition coefficient (Wildman–Crippen LogP) is 1.65. The molecule has 2 fully saturated rings. The van der Waals surface area contributed by atoms with Crippen molar-refractivity contribution in [1.29, 1.82) is 0 Å². The van der Waals surface area contributed by atoms with E-state index in [4.69, 9.17) is 4.74 Å². The first kappa shape index (κ1) is 23.6. The fourth-order valence-corrected chi connectivity index (χ4v) is 4.36. The fourth-order valence-electron chi connectivity index (χ4n) is 4.36. The van der Waals surface area contributed by atoms with E-state index in [2.05, 4.69) is 5.32 Å². The molecular weight excluding hydrogens is 414 g/mol. The van der Waals surface area contributed by atoms with Crippen LogP contribution < -0.4 is 15.0 Å². The Morgan fingerprint density at radius 1 is 1.22 bits per heavy atom. The first-order chi connectivity index (χ1) is 15.2. The third-order valence-electron chi connectivity index (χ3n) is 6.02. The molecule has 32 heavy (non-hydrogen) atoms. The number of nitrogens with one attached hydrogen (secondary N) is 1. The number of hydrogen-bond acceptors (Lipinski definition) is 5. The van der Waals surface area contributed by atoms with Crippen molar-refractivity contribution in [2.24, 2.45) is 11.8 Å². The largest absolute Gasteiger partial charge is 0.497 e. The highest BCUT2D eigenvalue weighted by atomic mass is 16.5. The lowest BCUT2D eigenvalue weighted by Gasteiger charge is -2.29. The first-order valence-electron chi connectivity index (χ1n) is 11.0. The van der Waals surface area contributed by atoms with Crippen molar-refractivity contribution in [3.8, 4) is 5.75 Å². The monoisotopic (exact) mass is 445 g/mol. The van der Waals surface area contributed by atoms with Gasteiger partial charge in [-0.3, -0.25) is 14.4 Å². The van der Waals surface area contributed by atoms with E-state index in [0.717, 1.165) is 0 Å². The topological polar surface area (TPSA) is 116 Å². The molecule has 9 heteroatoms. The van der Waals surface area contributed by atoms with Crippen LogP contribution in [0.1, 0.15) is 39.5 Å². The minimum absolute atomic E-state index is 0.0575. The van der Waals surface area contributed by atoms with Crippen molar-refractivity contribution in [1.82, 2.24) is 10.2 Å². The first-order valence-corrected chi connectivity index (χ1v) is 11.0. The van der Waals surface area contributed by atoms with Crippen molar-refractivity contribution in [2.45, 2.75) is 51.6 Å². The van der Waals surface area contributed by atoms with E-state index < -0.39 is 24.0 Å². The van der Waals surface area contributed by atoms with E-state index in [1.165, 1.54) is 4.90 Å². The van der Waals surface area contributed by atoms with Gasteiger partial charge in [0.25, 0.3) is 0 Å². The number of likely N-dealkylation sites (tertiary alicyclic amines) is 1. The van der Waals surface area contributed by atoms with Gasteiger partial charge < -0.3 is 25.0 Å². The Balaban J connectivity index is 1.68. The van der Waals surface area contributed by atoms with Crippen molar-refractivity contribution >= 4 is 29.4 Å². The van der Waals surface area contributed by atoms with Crippen LogP contribution in [0.3, 0.4) is 0 Å². The van der Waals surface area contributed by atoms with E-state index >= 15 is 0 Å². The summed E-state index contributed by atoms with van der Waals surface area (Å²) in [4.78, 5) is 53.1. The van der Waals surface area contributed by atoms with Crippen molar-refractivity contribution in [2.75, 3.05) is 25.1 Å². The Kier molecular flexibility index (Phi) is 7.37. The molecule has 3 amide bonds. The number of benzene rings is 1. The maximum atomic E-state index is 13.1. The van der Waals surface area contributed by atoms with Gasteiger partial charge in [0.15, 0.2) is 0 Å². The van der Waals surface area contributed by atoms with Crippen LogP contribution in [0.25, 0.3) is 0 Å². The highest BCUT2D eigenvalue weighted by Crippen LogP contribution is 2.27. The Bertz CT molecular complexity index is 869. The molecule has 2 aliphatic rings. The van der Waals surface area contributed by atoms with E-state index in [1.807, 2.05) is 13.8 Å². The summed E-state index contributed by atoms with van der Waals surface area (Å²) >= 11 is 0. The summed E-state index contributed by atoms with van der Waals surface area (Å²) in [5.74, 6) is -1.70. The second-order valence-electron chi connectivity index (χ2n) is 8.82. The summed E-state index contributed by atoms with van der Waals surface area (Å²) in [7, 11) is 1.56. The molecule has 174 valence electrons. The predicted molar refractivity (Wildman–Crippen MR) is 117 cm³/mol. The Hall–Kier alpha value is -3.10. The molecule has 2 heterocycles. The molecule has 0 aromatic heterocycles. The average Bonchev–Trinajstić information content (AvgIpc) is 3.39. The number of amides is 3. The normalized spacial score (nSPS) is 21.7. The molecule has 0 radical (unpaired) electrons. The number of rotatable bonds is 8. The number of aliphatic carboxylic acids is 1. The van der Waals surface area contributed by atoms with Gasteiger partial charge >= 0.3 is 5.97 Å². The lowest BCUT2D eigenvalue weighted by molar-refractivity contribution is -0.149. The molecule has 2 aliphatic heterocycles. The quantitative estimate of drug-likeness (QED) is 0.629. The number of carbonyl (C=O) groups is 4. The van der Waals surface area contributed by atoms with Crippen molar-refractivity contribution in [3.05, 3.63) is 24.3 Å². The third-order valence-corrected chi connectivity index (χ3v) is 6.02. The molecule has 3 unspecified atom stereocenters. The van der Waals surface area contributed by atoms with Gasteiger partial charge in [0, 0.05) is 25.2 Å².